The standard InChI is InChI=1S/C15H20BrF2NO4/c16-11-7-13(17)15(14(18)8-11)23-6-5-22-10-12(20)9-19-1-3-21-4-2-19/h7-8,12,20H,1-6,9-10H2/t12-/m0/s1. The van der Waals surface area contributed by atoms with Gasteiger partial charge in [0.05, 0.1) is 32.5 Å². The van der Waals surface area contributed by atoms with Gasteiger partial charge in [0.25, 0.3) is 0 Å². The summed E-state index contributed by atoms with van der Waals surface area (Å²) in [5, 5.41) is 9.86. The van der Waals surface area contributed by atoms with Crippen LogP contribution in [0.5, 0.6) is 5.75 Å². The van der Waals surface area contributed by atoms with Crippen LogP contribution in [0.1, 0.15) is 0 Å². The number of rotatable bonds is 8. The number of halogens is 3. The third-order valence-electron chi connectivity index (χ3n) is 3.32. The second-order valence-corrected chi connectivity index (χ2v) is 6.10. The Balaban J connectivity index is 1.62. The van der Waals surface area contributed by atoms with Crippen LogP contribution in [0.3, 0.4) is 0 Å². The predicted molar refractivity (Wildman–Crippen MR) is 83.6 cm³/mol. The van der Waals surface area contributed by atoms with E-state index in [1.54, 1.807) is 0 Å². The Morgan fingerprint density at radius 1 is 1.22 bits per heavy atom. The molecule has 1 aromatic rings. The van der Waals surface area contributed by atoms with Crippen molar-refractivity contribution in [2.75, 3.05) is 52.7 Å². The maximum absolute atomic E-state index is 13.5. The van der Waals surface area contributed by atoms with Gasteiger partial charge in [0, 0.05) is 24.1 Å². The molecule has 2 rings (SSSR count). The highest BCUT2D eigenvalue weighted by Crippen LogP contribution is 2.25. The first-order chi connectivity index (χ1) is 11.1. The topological polar surface area (TPSA) is 51.2 Å². The van der Waals surface area contributed by atoms with Gasteiger partial charge in [-0.25, -0.2) is 8.78 Å². The first-order valence-corrected chi connectivity index (χ1v) is 8.19. The fourth-order valence-electron chi connectivity index (χ4n) is 2.22. The SMILES string of the molecule is O[C@H](COCCOc1c(F)cc(Br)cc1F)CN1CCOCC1. The molecule has 5 nitrogen and oxygen atoms in total. The van der Waals surface area contributed by atoms with E-state index >= 15 is 0 Å². The first-order valence-electron chi connectivity index (χ1n) is 7.39. The molecule has 130 valence electrons. The van der Waals surface area contributed by atoms with Crippen LogP contribution in [0.2, 0.25) is 0 Å². The molecule has 0 amide bonds. The van der Waals surface area contributed by atoms with Crippen LogP contribution < -0.4 is 4.74 Å². The maximum atomic E-state index is 13.5. The zero-order chi connectivity index (χ0) is 16.7. The summed E-state index contributed by atoms with van der Waals surface area (Å²) >= 11 is 3.00. The van der Waals surface area contributed by atoms with Crippen molar-refractivity contribution in [2.45, 2.75) is 6.10 Å². The van der Waals surface area contributed by atoms with Crippen LogP contribution >= 0.6 is 15.9 Å². The van der Waals surface area contributed by atoms with E-state index in [0.717, 1.165) is 25.2 Å². The van der Waals surface area contributed by atoms with E-state index in [1.807, 2.05) is 0 Å². The molecule has 0 aromatic heterocycles. The Hall–Kier alpha value is -0.800. The van der Waals surface area contributed by atoms with Crippen molar-refractivity contribution < 1.29 is 28.1 Å². The molecule has 1 aliphatic heterocycles. The van der Waals surface area contributed by atoms with Crippen molar-refractivity contribution in [1.29, 1.82) is 0 Å². The number of hydrogen-bond donors (Lipinski definition) is 1. The van der Waals surface area contributed by atoms with Gasteiger partial charge in [-0.15, -0.1) is 0 Å². The first kappa shape index (κ1) is 18.5. The number of aliphatic hydroxyl groups excluding tert-OH is 1. The Bertz CT molecular complexity index is 477. The van der Waals surface area contributed by atoms with Crippen LogP contribution in [0.15, 0.2) is 16.6 Å². The van der Waals surface area contributed by atoms with Gasteiger partial charge >= 0.3 is 0 Å². The van der Waals surface area contributed by atoms with E-state index in [0.29, 0.717) is 24.2 Å². The molecular formula is C15H20BrF2NO4. The Kier molecular flexibility index (Phi) is 7.64. The normalized spacial score (nSPS) is 17.2. The van der Waals surface area contributed by atoms with Crippen molar-refractivity contribution in [2.24, 2.45) is 0 Å². The van der Waals surface area contributed by atoms with E-state index < -0.39 is 23.5 Å². The van der Waals surface area contributed by atoms with Crippen LogP contribution in [0.25, 0.3) is 0 Å². The smallest absolute Gasteiger partial charge is 0.190 e. The van der Waals surface area contributed by atoms with Gasteiger partial charge in [-0.1, -0.05) is 15.9 Å². The third-order valence-corrected chi connectivity index (χ3v) is 3.78. The highest BCUT2D eigenvalue weighted by molar-refractivity contribution is 9.10. The van der Waals surface area contributed by atoms with E-state index in [-0.39, 0.29) is 19.8 Å². The average molecular weight is 396 g/mol. The molecule has 1 fully saturated rings. The van der Waals surface area contributed by atoms with Gasteiger partial charge in [-0.2, -0.15) is 0 Å². The molecule has 1 aromatic carbocycles. The van der Waals surface area contributed by atoms with Crippen LogP contribution in [0, 0.1) is 11.6 Å². The molecule has 8 heteroatoms. The zero-order valence-electron chi connectivity index (χ0n) is 12.6. The van der Waals surface area contributed by atoms with E-state index in [4.69, 9.17) is 14.2 Å². The third kappa shape index (κ3) is 6.31. The Morgan fingerprint density at radius 3 is 2.52 bits per heavy atom. The van der Waals surface area contributed by atoms with Crippen LogP contribution in [0.4, 0.5) is 8.78 Å². The second kappa shape index (κ2) is 9.48. The zero-order valence-corrected chi connectivity index (χ0v) is 14.2. The predicted octanol–water partition coefficient (Wildman–Crippen LogP) is 1.82. The fraction of sp³-hybridized carbons (Fsp3) is 0.600. The lowest BCUT2D eigenvalue weighted by Gasteiger charge is -2.28. The van der Waals surface area contributed by atoms with Gasteiger partial charge in [0.1, 0.15) is 6.61 Å². The highest BCUT2D eigenvalue weighted by Gasteiger charge is 2.15. The Morgan fingerprint density at radius 2 is 1.87 bits per heavy atom. The van der Waals surface area contributed by atoms with E-state index in [2.05, 4.69) is 20.8 Å². The lowest BCUT2D eigenvalue weighted by Crippen LogP contribution is -2.42. The number of morpholine rings is 1. The summed E-state index contributed by atoms with van der Waals surface area (Å²) in [7, 11) is 0. The largest absolute Gasteiger partial charge is 0.485 e. The number of benzene rings is 1. The molecule has 0 saturated carbocycles. The molecule has 1 atom stereocenters. The molecule has 1 heterocycles. The molecule has 1 N–H and O–H groups in total. The van der Waals surface area contributed by atoms with Gasteiger partial charge in [-0.05, 0) is 12.1 Å². The molecule has 1 saturated heterocycles. The van der Waals surface area contributed by atoms with Crippen molar-refractivity contribution in [3.05, 3.63) is 28.2 Å². The summed E-state index contributed by atoms with van der Waals surface area (Å²) in [6.45, 7) is 3.73. The molecule has 0 aliphatic carbocycles. The average Bonchev–Trinajstić information content (AvgIpc) is 2.50. The molecular weight excluding hydrogens is 376 g/mol. The number of ether oxygens (including phenoxy) is 3. The fourth-order valence-corrected chi connectivity index (χ4v) is 2.63. The van der Waals surface area contributed by atoms with Gasteiger partial charge in [0.15, 0.2) is 17.4 Å². The van der Waals surface area contributed by atoms with E-state index in [9.17, 15) is 13.9 Å². The second-order valence-electron chi connectivity index (χ2n) is 5.19. The summed E-state index contributed by atoms with van der Waals surface area (Å²) in [5.74, 6) is -1.97. The van der Waals surface area contributed by atoms with Gasteiger partial charge in [-0.3, -0.25) is 4.90 Å². The molecule has 0 bridgehead atoms. The summed E-state index contributed by atoms with van der Waals surface area (Å²) in [6, 6.07) is 2.26. The Labute approximate surface area is 142 Å². The van der Waals surface area contributed by atoms with Gasteiger partial charge in [0.2, 0.25) is 0 Å². The van der Waals surface area contributed by atoms with Crippen LogP contribution in [-0.2, 0) is 9.47 Å². The van der Waals surface area contributed by atoms with Crippen molar-refractivity contribution in [1.82, 2.24) is 4.90 Å². The molecule has 1 aliphatic rings. The lowest BCUT2D eigenvalue weighted by molar-refractivity contribution is -0.0181. The number of hydrogen-bond acceptors (Lipinski definition) is 5. The minimum atomic E-state index is -0.774. The number of nitrogens with zero attached hydrogens (tertiary/aromatic N) is 1. The van der Waals surface area contributed by atoms with Crippen molar-refractivity contribution >= 4 is 15.9 Å². The van der Waals surface area contributed by atoms with E-state index in [1.165, 1.54) is 0 Å². The van der Waals surface area contributed by atoms with Crippen molar-refractivity contribution in [3.8, 4) is 5.75 Å². The van der Waals surface area contributed by atoms with Gasteiger partial charge < -0.3 is 19.3 Å². The summed E-state index contributed by atoms with van der Waals surface area (Å²) < 4.78 is 42.9. The molecule has 0 spiro atoms. The monoisotopic (exact) mass is 395 g/mol. The summed E-state index contributed by atoms with van der Waals surface area (Å²) in [6.07, 6.45) is -0.616. The lowest BCUT2D eigenvalue weighted by atomic mass is 10.3. The molecule has 0 unspecified atom stereocenters. The minimum absolute atomic E-state index is 0.000251. The number of aliphatic hydroxyl groups is 1. The highest BCUT2D eigenvalue weighted by atomic mass is 79.9. The minimum Gasteiger partial charge on any atom is -0.485 e. The number of β-amino-alcohol motifs (C(OH)–C–C–N with tert-alkyl or cyclic N) is 1. The molecule has 23 heavy (non-hydrogen) atoms. The van der Waals surface area contributed by atoms with Crippen molar-refractivity contribution in [3.63, 3.8) is 0 Å². The maximum Gasteiger partial charge on any atom is 0.190 e. The molecule has 0 radical (unpaired) electrons. The van der Waals surface area contributed by atoms with Crippen LogP contribution in [-0.4, -0.2) is 68.8 Å². The summed E-state index contributed by atoms with van der Waals surface area (Å²) in [5.41, 5.74) is 0. The quantitative estimate of drug-likeness (QED) is 0.680. The summed E-state index contributed by atoms with van der Waals surface area (Å²) in [4.78, 5) is 2.10.